The van der Waals surface area contributed by atoms with Crippen LogP contribution in [0.3, 0.4) is 0 Å². The third-order valence-electron chi connectivity index (χ3n) is 9.83. The number of amides is 4. The Morgan fingerprint density at radius 3 is 1.46 bits per heavy atom. The van der Waals surface area contributed by atoms with Crippen LogP contribution in [0.4, 0.5) is 9.59 Å². The summed E-state index contributed by atoms with van der Waals surface area (Å²) >= 11 is 2.91. The van der Waals surface area contributed by atoms with E-state index in [1.165, 1.54) is 36.9 Å². The van der Waals surface area contributed by atoms with E-state index in [4.69, 9.17) is 19.4 Å². The van der Waals surface area contributed by atoms with E-state index in [0.29, 0.717) is 13.1 Å². The molecule has 286 valence electrons. The summed E-state index contributed by atoms with van der Waals surface area (Å²) in [6.07, 6.45) is 0.261. The van der Waals surface area contributed by atoms with Crippen molar-refractivity contribution < 1.29 is 28.7 Å². The van der Waals surface area contributed by atoms with Crippen molar-refractivity contribution in [1.82, 2.24) is 40.4 Å². The van der Waals surface area contributed by atoms with Gasteiger partial charge in [0.1, 0.15) is 33.4 Å². The highest BCUT2D eigenvalue weighted by Crippen LogP contribution is 2.38. The van der Waals surface area contributed by atoms with Crippen molar-refractivity contribution >= 4 is 67.4 Å². The lowest BCUT2D eigenvalue weighted by Gasteiger charge is -2.30. The molecule has 0 spiro atoms. The number of ether oxygens (including phenoxy) is 2. The van der Waals surface area contributed by atoms with Crippen molar-refractivity contribution in [3.8, 4) is 23.7 Å². The van der Waals surface area contributed by atoms with E-state index in [-0.39, 0.29) is 47.6 Å². The van der Waals surface area contributed by atoms with E-state index in [1.54, 1.807) is 0 Å². The Bertz CT molecular complexity index is 1960. The number of carbonyl (C=O) groups excluding carboxylic acids is 4. The summed E-state index contributed by atoms with van der Waals surface area (Å²) in [5, 5.41) is 5.39. The molecule has 6 rings (SSSR count). The van der Waals surface area contributed by atoms with Gasteiger partial charge in [0.2, 0.25) is 11.8 Å². The number of aromatic nitrogens is 4. The number of methoxy groups -OCH3 is 2. The van der Waals surface area contributed by atoms with Crippen LogP contribution in [0, 0.1) is 47.4 Å². The first kappa shape index (κ1) is 38.7. The number of carbonyl (C=O) groups is 4. The smallest absolute Gasteiger partial charge is 0.407 e. The lowest BCUT2D eigenvalue weighted by Crippen LogP contribution is -2.51. The summed E-state index contributed by atoms with van der Waals surface area (Å²) < 4.78 is 9.51. The average molecular weight is 775 g/mol. The molecule has 2 saturated heterocycles. The normalized spacial score (nSPS) is 20.8. The fourth-order valence-electron chi connectivity index (χ4n) is 7.14. The number of nitrogens with zero attached hydrogens (tertiary/aromatic N) is 4. The van der Waals surface area contributed by atoms with Gasteiger partial charge in [-0.15, -0.1) is 22.7 Å². The monoisotopic (exact) mass is 774 g/mol. The largest absolute Gasteiger partial charge is 0.453 e. The summed E-state index contributed by atoms with van der Waals surface area (Å²) in [4.78, 5) is 74.5. The first-order valence-electron chi connectivity index (χ1n) is 18.1. The Kier molecular flexibility index (Phi) is 11.5. The van der Waals surface area contributed by atoms with Gasteiger partial charge in [-0.1, -0.05) is 41.5 Å². The molecule has 16 heteroatoms. The van der Waals surface area contributed by atoms with Crippen LogP contribution in [0.25, 0.3) is 20.7 Å². The lowest BCUT2D eigenvalue weighted by molar-refractivity contribution is -0.136. The molecule has 2 fully saturated rings. The summed E-state index contributed by atoms with van der Waals surface area (Å²) in [6, 6.07) is 2.02. The predicted octanol–water partition coefficient (Wildman–Crippen LogP) is 5.55. The minimum absolute atomic E-state index is 0.116. The number of hydrogen-bond acceptors (Lipinski definition) is 10. The van der Waals surface area contributed by atoms with Gasteiger partial charge in [-0.05, 0) is 72.3 Å². The molecule has 2 aliphatic rings. The minimum atomic E-state index is -0.702. The number of H-pyrrole nitrogens is 2. The van der Waals surface area contributed by atoms with Crippen molar-refractivity contribution in [3.63, 3.8) is 0 Å². The number of aromatic amines is 2. The van der Waals surface area contributed by atoms with Gasteiger partial charge in [0.25, 0.3) is 0 Å². The Balaban J connectivity index is 1.12. The minimum Gasteiger partial charge on any atom is -0.453 e. The van der Waals surface area contributed by atoms with Gasteiger partial charge >= 0.3 is 12.2 Å². The summed E-state index contributed by atoms with van der Waals surface area (Å²) in [5.74, 6) is 13.6. The van der Waals surface area contributed by atoms with Gasteiger partial charge in [-0.3, -0.25) is 9.59 Å². The predicted molar refractivity (Wildman–Crippen MR) is 207 cm³/mol. The van der Waals surface area contributed by atoms with Crippen molar-refractivity contribution in [2.75, 3.05) is 27.3 Å². The zero-order valence-electron chi connectivity index (χ0n) is 31.7. The van der Waals surface area contributed by atoms with Crippen LogP contribution in [0.5, 0.6) is 0 Å². The van der Waals surface area contributed by atoms with Crippen LogP contribution in [-0.2, 0) is 19.1 Å². The second-order valence-electron chi connectivity index (χ2n) is 14.8. The van der Waals surface area contributed by atoms with Gasteiger partial charge in [-0.2, -0.15) is 0 Å². The zero-order valence-corrected chi connectivity index (χ0v) is 33.3. The van der Waals surface area contributed by atoms with Gasteiger partial charge in [0.05, 0.1) is 47.1 Å². The molecular formula is C38H46N8O6S2. The number of nitrogens with one attached hydrogen (secondary N) is 4. The molecule has 14 nitrogen and oxygen atoms in total. The van der Waals surface area contributed by atoms with Crippen LogP contribution in [-0.4, -0.2) is 93.1 Å². The third kappa shape index (κ3) is 8.20. The molecule has 4 amide bonds. The number of imidazole rings is 2. The van der Waals surface area contributed by atoms with Crippen molar-refractivity contribution in [2.45, 2.75) is 78.6 Å². The van der Waals surface area contributed by atoms with E-state index in [0.717, 1.165) is 54.9 Å². The fourth-order valence-corrected chi connectivity index (χ4v) is 8.84. The topological polar surface area (TPSA) is 175 Å². The number of likely N-dealkylation sites (tertiary alicyclic amines) is 2. The summed E-state index contributed by atoms with van der Waals surface area (Å²) in [6.45, 7) is 12.9. The molecule has 0 bridgehead atoms. The highest BCUT2D eigenvalue weighted by atomic mass is 32.1. The number of thiophene rings is 2. The molecular weight excluding hydrogens is 729 g/mol. The van der Waals surface area contributed by atoms with E-state index >= 15 is 0 Å². The third-order valence-corrected chi connectivity index (χ3v) is 11.7. The van der Waals surface area contributed by atoms with E-state index in [9.17, 15) is 19.2 Å². The fraction of sp³-hybridized carbons (Fsp3) is 0.526. The Morgan fingerprint density at radius 2 is 1.13 bits per heavy atom. The van der Waals surface area contributed by atoms with Gasteiger partial charge in [-0.25, -0.2) is 19.6 Å². The molecule has 6 atom stereocenters. The molecule has 0 saturated carbocycles. The summed E-state index contributed by atoms with van der Waals surface area (Å²) in [7, 11) is 2.57. The van der Waals surface area contributed by atoms with Crippen LogP contribution >= 0.6 is 22.7 Å². The molecule has 6 unspecified atom stereocenters. The van der Waals surface area contributed by atoms with Crippen LogP contribution in [0.2, 0.25) is 0 Å². The van der Waals surface area contributed by atoms with Gasteiger partial charge in [0.15, 0.2) is 0 Å². The first-order chi connectivity index (χ1) is 25.8. The SMILES string of the molecule is COC(=O)NC(C(=O)N1CC(C)CC1c1nc2sc(C#CC#Cc3cc4[nH]c(C5CC(C)CN5C(=O)C(NC(=O)OC)C(C)C)nc4s3)cc2[nH]1)C(C)C. The average Bonchev–Trinajstić information content (AvgIpc) is 3.97. The second-order valence-corrected chi connectivity index (χ2v) is 16.9. The van der Waals surface area contributed by atoms with Crippen molar-refractivity contribution in [3.05, 3.63) is 33.5 Å². The maximum absolute atomic E-state index is 13.6. The molecule has 0 aromatic carbocycles. The number of rotatable bonds is 8. The molecule has 0 aliphatic carbocycles. The Hall–Kier alpha value is -5.06. The Morgan fingerprint density at radius 1 is 0.741 bits per heavy atom. The standard InChI is InChI=1S/C38H46N8O6S2/c1-19(2)29(41-37(49)51-7)35(47)45-17-21(5)13-27(45)31-39-25-15-23(53-33(25)43-31)11-9-10-12-24-16-26-34(54-24)44-32(40-26)28-14-22(6)18-46(28)36(48)30(20(3)4)42-38(50)52-8/h15-16,19-22,27-30H,13-14,17-18H2,1-8H3,(H,39,43)(H,40,44)(H,41,49)(H,42,50). The summed E-state index contributed by atoms with van der Waals surface area (Å²) in [5.41, 5.74) is 1.69. The highest BCUT2D eigenvalue weighted by molar-refractivity contribution is 7.19. The van der Waals surface area contributed by atoms with Gasteiger partial charge in [0, 0.05) is 13.1 Å². The molecule has 54 heavy (non-hydrogen) atoms. The second kappa shape index (κ2) is 16.1. The highest BCUT2D eigenvalue weighted by Gasteiger charge is 2.41. The van der Waals surface area contributed by atoms with E-state index < -0.39 is 24.3 Å². The van der Waals surface area contributed by atoms with Crippen molar-refractivity contribution in [1.29, 1.82) is 0 Å². The lowest BCUT2D eigenvalue weighted by atomic mass is 10.0. The maximum atomic E-state index is 13.6. The molecule has 6 heterocycles. The van der Waals surface area contributed by atoms with E-state index in [2.05, 4.69) is 58.1 Å². The number of hydrogen-bond donors (Lipinski definition) is 4. The number of fused-ring (bicyclic) bond motifs is 2. The van der Waals surface area contributed by atoms with Crippen LogP contribution < -0.4 is 10.6 Å². The Labute approximate surface area is 322 Å². The zero-order chi connectivity index (χ0) is 38.8. The van der Waals surface area contributed by atoms with E-state index in [1.807, 2.05) is 49.6 Å². The molecule has 0 radical (unpaired) electrons. The van der Waals surface area contributed by atoms with Crippen LogP contribution in [0.15, 0.2) is 12.1 Å². The maximum Gasteiger partial charge on any atom is 0.407 e. The van der Waals surface area contributed by atoms with Crippen LogP contribution in [0.1, 0.15) is 87.9 Å². The van der Waals surface area contributed by atoms with Gasteiger partial charge < -0.3 is 39.9 Å². The molecule has 4 aromatic rings. The van der Waals surface area contributed by atoms with Crippen molar-refractivity contribution in [2.24, 2.45) is 23.7 Å². The number of alkyl carbamates (subject to hydrolysis) is 2. The first-order valence-corrected chi connectivity index (χ1v) is 19.7. The molecule has 4 aromatic heterocycles. The quantitative estimate of drug-likeness (QED) is 0.169. The molecule has 2 aliphatic heterocycles. The molecule has 4 N–H and O–H groups in total.